The summed E-state index contributed by atoms with van der Waals surface area (Å²) in [6.45, 7) is 5.41. The van der Waals surface area contributed by atoms with Crippen molar-refractivity contribution in [3.63, 3.8) is 0 Å². The number of aromatic nitrogens is 1. The van der Waals surface area contributed by atoms with Gasteiger partial charge in [0, 0.05) is 37.8 Å². The Bertz CT molecular complexity index is 395. The van der Waals surface area contributed by atoms with E-state index in [9.17, 15) is 4.79 Å². The standard InChI is InChI=1S/C13H22N4OS/c1-2-4-11(14)12(18)16-6-3-7-17(9-8-16)13-15-5-10-19-13/h5,10-11H,2-4,6-9,14H2,1H3. The number of carbonyl (C=O) groups excluding carboxylic acids is 1. The van der Waals surface area contributed by atoms with Crippen molar-refractivity contribution in [2.45, 2.75) is 32.2 Å². The molecular formula is C13H22N4OS. The first kappa shape index (κ1) is 14.3. The van der Waals surface area contributed by atoms with Crippen molar-refractivity contribution in [2.75, 3.05) is 31.1 Å². The van der Waals surface area contributed by atoms with E-state index in [1.165, 1.54) is 0 Å². The van der Waals surface area contributed by atoms with Crippen LogP contribution in [0.3, 0.4) is 0 Å². The number of hydrogen-bond acceptors (Lipinski definition) is 5. The molecule has 1 aliphatic rings. The highest BCUT2D eigenvalue weighted by molar-refractivity contribution is 7.13. The van der Waals surface area contributed by atoms with Gasteiger partial charge < -0.3 is 15.5 Å². The van der Waals surface area contributed by atoms with E-state index in [0.29, 0.717) is 0 Å². The topological polar surface area (TPSA) is 62.5 Å². The zero-order valence-corrected chi connectivity index (χ0v) is 12.2. The lowest BCUT2D eigenvalue weighted by atomic mass is 10.1. The first-order valence-electron chi connectivity index (χ1n) is 6.91. The van der Waals surface area contributed by atoms with Gasteiger partial charge in [0.25, 0.3) is 0 Å². The molecule has 106 valence electrons. The average Bonchev–Trinajstić information content (AvgIpc) is 2.83. The number of nitrogens with two attached hydrogens (primary N) is 1. The largest absolute Gasteiger partial charge is 0.346 e. The van der Waals surface area contributed by atoms with Crippen molar-refractivity contribution in [3.8, 4) is 0 Å². The quantitative estimate of drug-likeness (QED) is 0.904. The van der Waals surface area contributed by atoms with Crippen LogP contribution in [0.2, 0.25) is 0 Å². The summed E-state index contributed by atoms with van der Waals surface area (Å²) in [7, 11) is 0. The first-order chi connectivity index (χ1) is 9.22. The minimum absolute atomic E-state index is 0.0999. The van der Waals surface area contributed by atoms with E-state index >= 15 is 0 Å². The SMILES string of the molecule is CCCC(N)C(=O)N1CCCN(c2nccs2)CC1. The molecule has 0 spiro atoms. The van der Waals surface area contributed by atoms with Crippen LogP contribution in [0, 0.1) is 0 Å². The fourth-order valence-electron chi connectivity index (χ4n) is 2.37. The number of nitrogens with zero attached hydrogens (tertiary/aromatic N) is 3. The maximum Gasteiger partial charge on any atom is 0.239 e. The summed E-state index contributed by atoms with van der Waals surface area (Å²) >= 11 is 1.65. The van der Waals surface area contributed by atoms with Gasteiger partial charge in [-0.2, -0.15) is 0 Å². The molecule has 5 nitrogen and oxygen atoms in total. The third kappa shape index (κ3) is 3.67. The fourth-order valence-corrected chi connectivity index (χ4v) is 3.07. The zero-order valence-electron chi connectivity index (χ0n) is 11.4. The van der Waals surface area contributed by atoms with Gasteiger partial charge in [-0.1, -0.05) is 13.3 Å². The highest BCUT2D eigenvalue weighted by Gasteiger charge is 2.23. The Morgan fingerprint density at radius 1 is 1.47 bits per heavy atom. The maximum atomic E-state index is 12.2. The van der Waals surface area contributed by atoms with Gasteiger partial charge in [-0.15, -0.1) is 11.3 Å². The molecule has 2 heterocycles. The number of hydrogen-bond donors (Lipinski definition) is 1. The van der Waals surface area contributed by atoms with E-state index < -0.39 is 0 Å². The summed E-state index contributed by atoms with van der Waals surface area (Å²) in [4.78, 5) is 20.7. The van der Waals surface area contributed by atoms with E-state index in [0.717, 1.165) is 50.6 Å². The van der Waals surface area contributed by atoms with Crippen LogP contribution in [0.15, 0.2) is 11.6 Å². The van der Waals surface area contributed by atoms with Crippen LogP contribution < -0.4 is 10.6 Å². The molecule has 1 unspecified atom stereocenters. The smallest absolute Gasteiger partial charge is 0.239 e. The normalized spacial score (nSPS) is 18.2. The molecule has 1 aliphatic heterocycles. The molecule has 1 amide bonds. The molecule has 0 aromatic carbocycles. The number of carbonyl (C=O) groups is 1. The molecule has 0 bridgehead atoms. The van der Waals surface area contributed by atoms with E-state index in [2.05, 4.69) is 16.8 Å². The predicted octanol–water partition coefficient (Wildman–Crippen LogP) is 1.31. The van der Waals surface area contributed by atoms with Crippen LogP contribution >= 0.6 is 11.3 Å². The third-order valence-electron chi connectivity index (χ3n) is 3.41. The fraction of sp³-hybridized carbons (Fsp3) is 0.692. The Morgan fingerprint density at radius 2 is 2.32 bits per heavy atom. The maximum absolute atomic E-state index is 12.2. The first-order valence-corrected chi connectivity index (χ1v) is 7.79. The van der Waals surface area contributed by atoms with Crippen LogP contribution in [0.4, 0.5) is 5.13 Å². The Kier molecular flexibility index (Phi) is 5.15. The minimum atomic E-state index is -0.337. The summed E-state index contributed by atoms with van der Waals surface area (Å²) in [5, 5.41) is 3.03. The minimum Gasteiger partial charge on any atom is -0.346 e. The van der Waals surface area contributed by atoms with E-state index in [1.807, 2.05) is 16.5 Å². The lowest BCUT2D eigenvalue weighted by Gasteiger charge is -2.24. The molecule has 1 aromatic rings. The lowest BCUT2D eigenvalue weighted by Crippen LogP contribution is -2.45. The Morgan fingerprint density at radius 3 is 3.00 bits per heavy atom. The average molecular weight is 282 g/mol. The summed E-state index contributed by atoms with van der Waals surface area (Å²) in [6, 6.07) is -0.337. The number of rotatable bonds is 4. The van der Waals surface area contributed by atoms with Crippen LogP contribution in [-0.4, -0.2) is 48.0 Å². The van der Waals surface area contributed by atoms with Gasteiger partial charge in [0.05, 0.1) is 6.04 Å². The zero-order chi connectivity index (χ0) is 13.7. The number of anilines is 1. The highest BCUT2D eigenvalue weighted by Crippen LogP contribution is 2.19. The van der Waals surface area contributed by atoms with E-state index in [4.69, 9.17) is 5.73 Å². The van der Waals surface area contributed by atoms with Gasteiger partial charge in [-0.05, 0) is 12.8 Å². The van der Waals surface area contributed by atoms with Gasteiger partial charge in [-0.3, -0.25) is 4.79 Å². The lowest BCUT2D eigenvalue weighted by molar-refractivity contribution is -0.132. The third-order valence-corrected chi connectivity index (χ3v) is 4.25. The van der Waals surface area contributed by atoms with Crippen molar-refractivity contribution in [1.29, 1.82) is 0 Å². The number of amides is 1. The summed E-state index contributed by atoms with van der Waals surface area (Å²) in [6.07, 6.45) is 4.52. The van der Waals surface area contributed by atoms with Crippen LogP contribution in [0.5, 0.6) is 0 Å². The van der Waals surface area contributed by atoms with Crippen LogP contribution in [0.1, 0.15) is 26.2 Å². The van der Waals surface area contributed by atoms with Crippen molar-refractivity contribution < 1.29 is 4.79 Å². The second-order valence-corrected chi connectivity index (χ2v) is 5.75. The summed E-state index contributed by atoms with van der Waals surface area (Å²) in [5.74, 6) is 0.0999. The molecule has 2 N–H and O–H groups in total. The van der Waals surface area contributed by atoms with Crippen molar-refractivity contribution in [2.24, 2.45) is 5.73 Å². The molecule has 2 rings (SSSR count). The van der Waals surface area contributed by atoms with Gasteiger partial charge in [0.2, 0.25) is 5.91 Å². The molecule has 1 fully saturated rings. The Labute approximate surface area is 118 Å². The number of thiazole rings is 1. The molecule has 1 atom stereocenters. The molecule has 1 saturated heterocycles. The second kappa shape index (κ2) is 6.86. The van der Waals surface area contributed by atoms with E-state index in [-0.39, 0.29) is 11.9 Å². The van der Waals surface area contributed by atoms with Crippen molar-refractivity contribution in [1.82, 2.24) is 9.88 Å². The molecule has 0 saturated carbocycles. The van der Waals surface area contributed by atoms with Gasteiger partial charge in [-0.25, -0.2) is 4.98 Å². The monoisotopic (exact) mass is 282 g/mol. The summed E-state index contributed by atoms with van der Waals surface area (Å²) < 4.78 is 0. The van der Waals surface area contributed by atoms with E-state index in [1.54, 1.807) is 11.3 Å². The molecule has 19 heavy (non-hydrogen) atoms. The predicted molar refractivity (Wildman–Crippen MR) is 78.4 cm³/mol. The molecule has 0 radical (unpaired) electrons. The molecule has 0 aliphatic carbocycles. The van der Waals surface area contributed by atoms with Gasteiger partial charge in [0.15, 0.2) is 5.13 Å². The van der Waals surface area contributed by atoms with Gasteiger partial charge >= 0.3 is 0 Å². The Hall–Kier alpha value is -1.14. The Balaban J connectivity index is 1.91. The van der Waals surface area contributed by atoms with Crippen LogP contribution in [-0.2, 0) is 4.79 Å². The van der Waals surface area contributed by atoms with Gasteiger partial charge in [0.1, 0.15) is 0 Å². The summed E-state index contributed by atoms with van der Waals surface area (Å²) in [5.41, 5.74) is 5.92. The second-order valence-electron chi connectivity index (χ2n) is 4.88. The molecular weight excluding hydrogens is 260 g/mol. The van der Waals surface area contributed by atoms with Crippen molar-refractivity contribution >= 4 is 22.4 Å². The molecule has 6 heteroatoms. The van der Waals surface area contributed by atoms with Crippen molar-refractivity contribution in [3.05, 3.63) is 11.6 Å². The van der Waals surface area contributed by atoms with Crippen LogP contribution in [0.25, 0.3) is 0 Å². The molecule has 1 aromatic heterocycles. The highest BCUT2D eigenvalue weighted by atomic mass is 32.1.